The van der Waals surface area contributed by atoms with Gasteiger partial charge in [-0.15, -0.1) is 5.10 Å². The first-order valence-electron chi connectivity index (χ1n) is 4.44. The molecule has 2 aromatic rings. The number of rotatable bonds is 3. The molecule has 15 heavy (non-hydrogen) atoms. The van der Waals surface area contributed by atoms with Crippen LogP contribution in [0.15, 0.2) is 24.3 Å². The van der Waals surface area contributed by atoms with E-state index in [-0.39, 0.29) is 12.4 Å². The molecular formula is C9H9FN4O. The van der Waals surface area contributed by atoms with Gasteiger partial charge in [0.2, 0.25) is 0 Å². The van der Waals surface area contributed by atoms with E-state index in [0.29, 0.717) is 12.4 Å². The molecule has 0 amide bonds. The smallest absolute Gasteiger partial charge is 0.182 e. The highest BCUT2D eigenvalue weighted by molar-refractivity contribution is 5.53. The molecule has 0 bridgehead atoms. The Balaban J connectivity index is 2.36. The molecule has 0 fully saturated rings. The molecule has 0 radical (unpaired) electrons. The maximum Gasteiger partial charge on any atom is 0.182 e. The second-order valence-corrected chi connectivity index (χ2v) is 2.96. The van der Waals surface area contributed by atoms with Gasteiger partial charge >= 0.3 is 0 Å². The van der Waals surface area contributed by atoms with E-state index < -0.39 is 0 Å². The van der Waals surface area contributed by atoms with Crippen molar-refractivity contribution in [1.82, 2.24) is 20.2 Å². The normalized spacial score (nSPS) is 10.5. The predicted molar refractivity (Wildman–Crippen MR) is 50.3 cm³/mol. The summed E-state index contributed by atoms with van der Waals surface area (Å²) >= 11 is 0. The molecule has 0 aliphatic carbocycles. The molecule has 1 aromatic carbocycles. The Morgan fingerprint density at radius 2 is 2.00 bits per heavy atom. The van der Waals surface area contributed by atoms with Gasteiger partial charge in [0.05, 0.1) is 13.2 Å². The van der Waals surface area contributed by atoms with Crippen LogP contribution in [0.5, 0.6) is 0 Å². The van der Waals surface area contributed by atoms with E-state index in [2.05, 4.69) is 15.5 Å². The Morgan fingerprint density at radius 3 is 2.67 bits per heavy atom. The number of hydrogen-bond donors (Lipinski definition) is 1. The minimum Gasteiger partial charge on any atom is -0.394 e. The summed E-state index contributed by atoms with van der Waals surface area (Å²) in [5.41, 5.74) is 0.717. The second kappa shape index (κ2) is 4.14. The molecule has 1 N–H and O–H groups in total. The van der Waals surface area contributed by atoms with Crippen molar-refractivity contribution in [3.05, 3.63) is 30.1 Å². The van der Waals surface area contributed by atoms with Gasteiger partial charge < -0.3 is 5.11 Å². The van der Waals surface area contributed by atoms with E-state index in [0.717, 1.165) is 5.56 Å². The van der Waals surface area contributed by atoms with Crippen molar-refractivity contribution in [2.45, 2.75) is 6.54 Å². The molecule has 6 heteroatoms. The van der Waals surface area contributed by atoms with Crippen molar-refractivity contribution in [3.8, 4) is 11.4 Å². The maximum absolute atomic E-state index is 12.7. The van der Waals surface area contributed by atoms with Crippen LogP contribution in [0, 0.1) is 5.82 Å². The maximum atomic E-state index is 12.7. The summed E-state index contributed by atoms with van der Waals surface area (Å²) in [6, 6.07) is 5.87. The molecule has 1 aromatic heterocycles. The zero-order valence-corrected chi connectivity index (χ0v) is 7.84. The lowest BCUT2D eigenvalue weighted by molar-refractivity contribution is 0.269. The van der Waals surface area contributed by atoms with Gasteiger partial charge in [0.25, 0.3) is 0 Å². The van der Waals surface area contributed by atoms with Crippen LogP contribution >= 0.6 is 0 Å². The van der Waals surface area contributed by atoms with Gasteiger partial charge in [0.15, 0.2) is 5.82 Å². The van der Waals surface area contributed by atoms with Crippen molar-refractivity contribution in [2.75, 3.05) is 6.61 Å². The van der Waals surface area contributed by atoms with E-state index in [1.165, 1.54) is 16.8 Å². The number of aliphatic hydroxyl groups is 1. The molecule has 0 unspecified atom stereocenters. The molecular weight excluding hydrogens is 199 g/mol. The molecule has 1 heterocycles. The van der Waals surface area contributed by atoms with Crippen LogP contribution in [0.3, 0.4) is 0 Å². The minimum atomic E-state index is -0.306. The van der Waals surface area contributed by atoms with Crippen LogP contribution in [-0.2, 0) is 6.54 Å². The zero-order valence-electron chi connectivity index (χ0n) is 7.84. The fourth-order valence-corrected chi connectivity index (χ4v) is 1.26. The average molecular weight is 208 g/mol. The summed E-state index contributed by atoms with van der Waals surface area (Å²) in [5.74, 6) is 0.212. The van der Waals surface area contributed by atoms with Crippen molar-refractivity contribution >= 4 is 0 Å². The number of benzene rings is 1. The van der Waals surface area contributed by atoms with Gasteiger partial charge in [-0.2, -0.15) is 0 Å². The third kappa shape index (κ3) is 1.99. The number of nitrogens with zero attached hydrogens (tertiary/aromatic N) is 4. The lowest BCUT2D eigenvalue weighted by Gasteiger charge is -2.01. The summed E-state index contributed by atoms with van der Waals surface area (Å²) in [6.45, 7) is 0.277. The Bertz CT molecular complexity index is 440. The third-order valence-electron chi connectivity index (χ3n) is 1.95. The first-order valence-corrected chi connectivity index (χ1v) is 4.44. The number of aromatic nitrogens is 4. The van der Waals surface area contributed by atoms with Gasteiger partial charge in [-0.1, -0.05) is 0 Å². The van der Waals surface area contributed by atoms with E-state index in [9.17, 15) is 4.39 Å². The van der Waals surface area contributed by atoms with Crippen LogP contribution in [0.2, 0.25) is 0 Å². The first-order chi connectivity index (χ1) is 7.31. The first kappa shape index (κ1) is 9.72. The van der Waals surface area contributed by atoms with Gasteiger partial charge in [-0.3, -0.25) is 0 Å². The van der Waals surface area contributed by atoms with E-state index in [4.69, 9.17) is 5.11 Å². The molecule has 0 saturated carbocycles. The topological polar surface area (TPSA) is 63.8 Å². The summed E-state index contributed by atoms with van der Waals surface area (Å²) in [4.78, 5) is 0. The second-order valence-electron chi connectivity index (χ2n) is 2.96. The van der Waals surface area contributed by atoms with Crippen molar-refractivity contribution in [3.63, 3.8) is 0 Å². The largest absolute Gasteiger partial charge is 0.394 e. The molecule has 0 aliphatic rings. The lowest BCUT2D eigenvalue weighted by Crippen LogP contribution is -2.06. The number of aliphatic hydroxyl groups excluding tert-OH is 1. The van der Waals surface area contributed by atoms with Crippen LogP contribution in [0.4, 0.5) is 4.39 Å². The van der Waals surface area contributed by atoms with Gasteiger partial charge in [0, 0.05) is 5.56 Å². The molecule has 0 spiro atoms. The molecule has 78 valence electrons. The van der Waals surface area contributed by atoms with Crippen molar-refractivity contribution < 1.29 is 9.50 Å². The Morgan fingerprint density at radius 1 is 1.27 bits per heavy atom. The fourth-order valence-electron chi connectivity index (χ4n) is 1.26. The highest BCUT2D eigenvalue weighted by atomic mass is 19.1. The van der Waals surface area contributed by atoms with Crippen LogP contribution < -0.4 is 0 Å². The standard InChI is InChI=1S/C9H9FN4O/c10-8-3-1-7(2-4-8)9-11-12-13-14(9)5-6-15/h1-4,15H,5-6H2. The Labute approximate surface area is 85.2 Å². The van der Waals surface area contributed by atoms with E-state index >= 15 is 0 Å². The van der Waals surface area contributed by atoms with Gasteiger partial charge in [-0.05, 0) is 34.7 Å². The SMILES string of the molecule is OCCn1nnnc1-c1ccc(F)cc1. The highest BCUT2D eigenvalue weighted by Crippen LogP contribution is 2.15. The van der Waals surface area contributed by atoms with Gasteiger partial charge in [0.1, 0.15) is 5.82 Å². The van der Waals surface area contributed by atoms with Gasteiger partial charge in [-0.25, -0.2) is 9.07 Å². The summed E-state index contributed by atoms with van der Waals surface area (Å²) < 4.78 is 14.1. The summed E-state index contributed by atoms with van der Waals surface area (Å²) in [6.07, 6.45) is 0. The van der Waals surface area contributed by atoms with Crippen LogP contribution in [0.25, 0.3) is 11.4 Å². The van der Waals surface area contributed by atoms with E-state index in [1.807, 2.05) is 0 Å². The zero-order chi connectivity index (χ0) is 10.7. The quantitative estimate of drug-likeness (QED) is 0.796. The molecule has 2 rings (SSSR count). The monoisotopic (exact) mass is 208 g/mol. The molecule has 0 aliphatic heterocycles. The summed E-state index contributed by atoms with van der Waals surface area (Å²) in [7, 11) is 0. The number of hydrogen-bond acceptors (Lipinski definition) is 4. The van der Waals surface area contributed by atoms with E-state index in [1.54, 1.807) is 12.1 Å². The molecule has 5 nitrogen and oxygen atoms in total. The molecule has 0 atom stereocenters. The predicted octanol–water partition coefficient (Wildman–Crippen LogP) is 0.471. The van der Waals surface area contributed by atoms with Crippen molar-refractivity contribution in [1.29, 1.82) is 0 Å². The van der Waals surface area contributed by atoms with Crippen LogP contribution in [-0.4, -0.2) is 31.9 Å². The minimum absolute atomic E-state index is 0.0424. The van der Waals surface area contributed by atoms with Crippen molar-refractivity contribution in [2.24, 2.45) is 0 Å². The summed E-state index contributed by atoms with van der Waals surface area (Å²) in [5, 5.41) is 19.8. The van der Waals surface area contributed by atoms with Crippen LogP contribution in [0.1, 0.15) is 0 Å². The highest BCUT2D eigenvalue weighted by Gasteiger charge is 2.07. The lowest BCUT2D eigenvalue weighted by atomic mass is 10.2. The molecule has 0 saturated heterocycles. The fraction of sp³-hybridized carbons (Fsp3) is 0.222. The number of tetrazole rings is 1. The number of halogens is 1. The third-order valence-corrected chi connectivity index (χ3v) is 1.95. The average Bonchev–Trinajstić information content (AvgIpc) is 2.68. The Hall–Kier alpha value is -1.82. The Kier molecular flexibility index (Phi) is 2.68.